The lowest BCUT2D eigenvalue weighted by Gasteiger charge is -2.35. The summed E-state index contributed by atoms with van der Waals surface area (Å²) < 4.78 is 5.22. The molecule has 0 bridgehead atoms. The molecule has 1 aromatic rings. The molecule has 1 amide bonds. The molecule has 1 saturated heterocycles. The first-order valence-corrected chi connectivity index (χ1v) is 8.03. The number of hydrogen-bond donors (Lipinski definition) is 2. The molecule has 0 aromatic heterocycles. The second kappa shape index (κ2) is 8.15. The fourth-order valence-corrected chi connectivity index (χ4v) is 2.87. The number of benzene rings is 1. The van der Waals surface area contributed by atoms with Crippen LogP contribution in [0.25, 0.3) is 0 Å². The largest absolute Gasteiger partial charge is 0.497 e. The van der Waals surface area contributed by atoms with E-state index in [0.29, 0.717) is 6.54 Å². The second-order valence-electron chi connectivity index (χ2n) is 5.92. The molecule has 5 heteroatoms. The van der Waals surface area contributed by atoms with E-state index in [0.717, 1.165) is 18.8 Å². The van der Waals surface area contributed by atoms with Crippen molar-refractivity contribution in [2.24, 2.45) is 5.73 Å². The maximum absolute atomic E-state index is 11.8. The average molecular weight is 305 g/mol. The van der Waals surface area contributed by atoms with Crippen LogP contribution in [0.5, 0.6) is 5.75 Å². The number of nitrogens with two attached hydrogens (primary N) is 1. The van der Waals surface area contributed by atoms with Gasteiger partial charge >= 0.3 is 0 Å². The zero-order chi connectivity index (χ0) is 15.9. The number of methoxy groups -OCH3 is 1. The minimum absolute atomic E-state index is 0.101. The maximum atomic E-state index is 11.8. The van der Waals surface area contributed by atoms with Gasteiger partial charge in [-0.1, -0.05) is 18.6 Å². The van der Waals surface area contributed by atoms with Crippen LogP contribution in [0.4, 0.5) is 0 Å². The minimum Gasteiger partial charge on any atom is -0.497 e. The van der Waals surface area contributed by atoms with Crippen LogP contribution >= 0.6 is 0 Å². The van der Waals surface area contributed by atoms with Crippen molar-refractivity contribution in [2.45, 2.75) is 38.3 Å². The number of amides is 1. The van der Waals surface area contributed by atoms with E-state index < -0.39 is 6.04 Å². The van der Waals surface area contributed by atoms with Crippen LogP contribution in [0.1, 0.15) is 37.8 Å². The fourth-order valence-electron chi connectivity index (χ4n) is 2.87. The molecular formula is C17H27N3O2. The van der Waals surface area contributed by atoms with Gasteiger partial charge in [0.25, 0.3) is 0 Å². The van der Waals surface area contributed by atoms with E-state index >= 15 is 0 Å². The average Bonchev–Trinajstić information content (AvgIpc) is 2.56. The van der Waals surface area contributed by atoms with Gasteiger partial charge in [0.2, 0.25) is 5.91 Å². The van der Waals surface area contributed by atoms with Crippen LogP contribution in [0, 0.1) is 0 Å². The number of carbonyl (C=O) groups excluding carboxylic acids is 1. The van der Waals surface area contributed by atoms with Crippen LogP contribution in [0.2, 0.25) is 0 Å². The van der Waals surface area contributed by atoms with Gasteiger partial charge in [0, 0.05) is 6.54 Å². The van der Waals surface area contributed by atoms with E-state index in [1.165, 1.54) is 24.8 Å². The van der Waals surface area contributed by atoms with Gasteiger partial charge < -0.3 is 15.8 Å². The monoisotopic (exact) mass is 305 g/mol. The highest BCUT2D eigenvalue weighted by molar-refractivity contribution is 5.80. The highest BCUT2D eigenvalue weighted by Gasteiger charge is 2.23. The van der Waals surface area contributed by atoms with Crippen molar-refractivity contribution in [3.63, 3.8) is 0 Å². The minimum atomic E-state index is -0.474. The van der Waals surface area contributed by atoms with Crippen LogP contribution in [0.15, 0.2) is 24.3 Å². The van der Waals surface area contributed by atoms with Crippen molar-refractivity contribution >= 4 is 5.91 Å². The maximum Gasteiger partial charge on any atom is 0.236 e. The fraction of sp³-hybridized carbons (Fsp3) is 0.588. The van der Waals surface area contributed by atoms with Gasteiger partial charge in [-0.05, 0) is 50.6 Å². The van der Waals surface area contributed by atoms with E-state index in [-0.39, 0.29) is 11.9 Å². The molecule has 0 spiro atoms. The molecule has 1 aliphatic heterocycles. The summed E-state index contributed by atoms with van der Waals surface area (Å²) in [6.07, 6.45) is 3.72. The van der Waals surface area contributed by atoms with Crippen LogP contribution in [0.3, 0.4) is 0 Å². The van der Waals surface area contributed by atoms with Crippen molar-refractivity contribution in [2.75, 3.05) is 26.7 Å². The first kappa shape index (κ1) is 16.8. The Balaban J connectivity index is 2.10. The van der Waals surface area contributed by atoms with Gasteiger partial charge in [-0.3, -0.25) is 9.69 Å². The van der Waals surface area contributed by atoms with Crippen LogP contribution in [-0.2, 0) is 4.79 Å². The summed E-state index contributed by atoms with van der Waals surface area (Å²) in [6, 6.07) is 7.82. The summed E-state index contributed by atoms with van der Waals surface area (Å²) in [5.41, 5.74) is 6.84. The van der Waals surface area contributed by atoms with Crippen molar-refractivity contribution in [1.29, 1.82) is 0 Å². The van der Waals surface area contributed by atoms with Gasteiger partial charge in [-0.2, -0.15) is 0 Å². The Morgan fingerprint density at radius 1 is 1.27 bits per heavy atom. The molecule has 1 heterocycles. The van der Waals surface area contributed by atoms with E-state index in [1.807, 2.05) is 12.1 Å². The molecule has 0 saturated carbocycles. The highest BCUT2D eigenvalue weighted by Crippen LogP contribution is 2.25. The smallest absolute Gasteiger partial charge is 0.236 e. The molecule has 3 N–H and O–H groups in total. The van der Waals surface area contributed by atoms with Gasteiger partial charge in [0.05, 0.1) is 19.2 Å². The molecule has 1 aromatic carbocycles. The number of ether oxygens (including phenoxy) is 1. The molecule has 2 rings (SSSR count). The molecule has 0 radical (unpaired) electrons. The van der Waals surface area contributed by atoms with Crippen molar-refractivity contribution in [3.05, 3.63) is 29.8 Å². The molecule has 22 heavy (non-hydrogen) atoms. The summed E-state index contributed by atoms with van der Waals surface area (Å²) in [4.78, 5) is 14.2. The normalized spacial score (nSPS) is 18.5. The summed E-state index contributed by atoms with van der Waals surface area (Å²) in [7, 11) is 1.67. The predicted octanol–water partition coefficient (Wildman–Crippen LogP) is 1.69. The summed E-state index contributed by atoms with van der Waals surface area (Å²) >= 11 is 0. The Bertz CT molecular complexity index is 467. The Hall–Kier alpha value is -1.59. The van der Waals surface area contributed by atoms with E-state index in [2.05, 4.69) is 22.3 Å². The number of hydrogen-bond acceptors (Lipinski definition) is 4. The lowest BCUT2D eigenvalue weighted by Crippen LogP contribution is -2.44. The zero-order valence-electron chi connectivity index (χ0n) is 13.5. The number of likely N-dealkylation sites (tertiary alicyclic amines) is 1. The summed E-state index contributed by atoms with van der Waals surface area (Å²) in [5, 5.41) is 2.97. The standard InChI is InChI=1S/C17H27N3O2/c1-13(18)17(21)19-12-16(20-10-4-3-5-11-20)14-6-8-15(22-2)9-7-14/h6-9,13,16H,3-5,10-12,18H2,1-2H3,(H,19,21)/t13-,16?/m1/s1. The molecule has 1 unspecified atom stereocenters. The lowest BCUT2D eigenvalue weighted by atomic mass is 10.0. The van der Waals surface area contributed by atoms with Gasteiger partial charge in [0.15, 0.2) is 0 Å². The second-order valence-corrected chi connectivity index (χ2v) is 5.92. The third-order valence-corrected chi connectivity index (χ3v) is 4.22. The lowest BCUT2D eigenvalue weighted by molar-refractivity contribution is -0.122. The van der Waals surface area contributed by atoms with Crippen molar-refractivity contribution < 1.29 is 9.53 Å². The van der Waals surface area contributed by atoms with Gasteiger partial charge in [0.1, 0.15) is 5.75 Å². The molecule has 1 aliphatic rings. The van der Waals surface area contributed by atoms with Gasteiger partial charge in [-0.25, -0.2) is 0 Å². The molecule has 1 fully saturated rings. The Kier molecular flexibility index (Phi) is 6.21. The Labute approximate surface area is 132 Å². The third kappa shape index (κ3) is 4.45. The van der Waals surface area contributed by atoms with E-state index in [1.54, 1.807) is 14.0 Å². The SMILES string of the molecule is COc1ccc(C(CNC(=O)[C@@H](C)N)N2CCCCC2)cc1. The topological polar surface area (TPSA) is 67.6 Å². The highest BCUT2D eigenvalue weighted by atomic mass is 16.5. The Morgan fingerprint density at radius 2 is 1.91 bits per heavy atom. The molecule has 122 valence electrons. The number of rotatable bonds is 6. The first-order valence-electron chi connectivity index (χ1n) is 8.03. The van der Waals surface area contributed by atoms with Gasteiger partial charge in [-0.15, -0.1) is 0 Å². The van der Waals surface area contributed by atoms with Crippen molar-refractivity contribution in [3.8, 4) is 5.75 Å². The Morgan fingerprint density at radius 3 is 2.45 bits per heavy atom. The molecule has 0 aliphatic carbocycles. The first-order chi connectivity index (χ1) is 10.6. The summed E-state index contributed by atoms with van der Waals surface area (Å²) in [5.74, 6) is 0.747. The number of piperidine rings is 1. The van der Waals surface area contributed by atoms with Crippen LogP contribution < -0.4 is 15.8 Å². The molecule has 2 atom stereocenters. The molecular weight excluding hydrogens is 278 g/mol. The molecule has 5 nitrogen and oxygen atoms in total. The number of nitrogens with zero attached hydrogens (tertiary/aromatic N) is 1. The summed E-state index contributed by atoms with van der Waals surface area (Å²) in [6.45, 7) is 4.45. The zero-order valence-corrected chi connectivity index (χ0v) is 13.5. The predicted molar refractivity (Wildman–Crippen MR) is 87.8 cm³/mol. The number of nitrogens with one attached hydrogen (secondary N) is 1. The van der Waals surface area contributed by atoms with Crippen molar-refractivity contribution in [1.82, 2.24) is 10.2 Å². The quantitative estimate of drug-likeness (QED) is 0.839. The van der Waals surface area contributed by atoms with E-state index in [9.17, 15) is 4.79 Å². The van der Waals surface area contributed by atoms with Crippen LogP contribution in [-0.4, -0.2) is 43.6 Å². The third-order valence-electron chi connectivity index (χ3n) is 4.22. The number of carbonyl (C=O) groups is 1. The van der Waals surface area contributed by atoms with E-state index in [4.69, 9.17) is 10.5 Å².